The lowest BCUT2D eigenvalue weighted by Crippen LogP contribution is -2.52. The lowest BCUT2D eigenvalue weighted by Gasteiger charge is -2.31. The largest absolute Gasteiger partial charge is 0.480 e. The molecule has 0 radical (unpaired) electrons. The highest BCUT2D eigenvalue weighted by Crippen LogP contribution is 2.18. The van der Waals surface area contributed by atoms with Crippen LogP contribution in [-0.4, -0.2) is 34.6 Å². The number of anilines is 1. The van der Waals surface area contributed by atoms with Crippen LogP contribution >= 0.6 is 0 Å². The smallest absolute Gasteiger partial charge is 0.329 e. The fourth-order valence-electron chi connectivity index (χ4n) is 1.32. The molecule has 0 spiro atoms. The number of halogens is 1. The van der Waals surface area contributed by atoms with Crippen molar-refractivity contribution in [3.05, 3.63) is 29.6 Å². The van der Waals surface area contributed by atoms with Gasteiger partial charge in [0.15, 0.2) is 0 Å². The molecule has 0 aliphatic rings. The molecule has 0 fully saturated rings. The first-order chi connectivity index (χ1) is 8.66. The van der Waals surface area contributed by atoms with Crippen LogP contribution in [0.2, 0.25) is 0 Å². The number of carbonyl (C=O) groups is 2. The fourth-order valence-corrected chi connectivity index (χ4v) is 1.32. The average Bonchev–Trinajstić information content (AvgIpc) is 2.31. The first-order valence-electron chi connectivity index (χ1n) is 5.70. The van der Waals surface area contributed by atoms with Crippen molar-refractivity contribution in [3.63, 3.8) is 0 Å². The van der Waals surface area contributed by atoms with Gasteiger partial charge in [-0.2, -0.15) is 0 Å². The molecular formula is C13H17FN2O3. The van der Waals surface area contributed by atoms with Gasteiger partial charge in [0.1, 0.15) is 11.4 Å². The van der Waals surface area contributed by atoms with E-state index in [1.165, 1.54) is 33.0 Å². The number of urea groups is 1. The molecule has 0 aliphatic carbocycles. The molecular weight excluding hydrogens is 251 g/mol. The third-order valence-electron chi connectivity index (χ3n) is 3.03. The van der Waals surface area contributed by atoms with Gasteiger partial charge in [-0.25, -0.2) is 14.0 Å². The molecule has 0 saturated heterocycles. The molecule has 6 heteroatoms. The number of aliphatic carboxylic acids is 1. The van der Waals surface area contributed by atoms with Crippen LogP contribution < -0.4 is 5.32 Å². The van der Waals surface area contributed by atoms with Gasteiger partial charge in [-0.1, -0.05) is 6.07 Å². The summed E-state index contributed by atoms with van der Waals surface area (Å²) in [4.78, 5) is 23.9. The minimum absolute atomic E-state index is 0.0173. The Morgan fingerprint density at radius 1 is 1.37 bits per heavy atom. The minimum atomic E-state index is -1.38. The molecule has 1 aromatic rings. The number of amides is 2. The Morgan fingerprint density at radius 3 is 2.42 bits per heavy atom. The molecule has 0 aliphatic heterocycles. The van der Waals surface area contributed by atoms with Gasteiger partial charge in [0.2, 0.25) is 0 Å². The zero-order valence-electron chi connectivity index (χ0n) is 11.3. The van der Waals surface area contributed by atoms with Crippen LogP contribution in [0.4, 0.5) is 14.9 Å². The van der Waals surface area contributed by atoms with Crippen LogP contribution in [0.15, 0.2) is 18.2 Å². The quantitative estimate of drug-likeness (QED) is 0.884. The van der Waals surface area contributed by atoms with Gasteiger partial charge in [-0.05, 0) is 38.5 Å². The van der Waals surface area contributed by atoms with Gasteiger partial charge < -0.3 is 15.3 Å². The maximum atomic E-state index is 13.6. The molecule has 1 rings (SSSR count). The molecule has 0 saturated carbocycles. The Kier molecular flexibility index (Phi) is 4.14. The molecule has 5 nitrogen and oxygen atoms in total. The first-order valence-corrected chi connectivity index (χ1v) is 5.70. The van der Waals surface area contributed by atoms with Crippen molar-refractivity contribution in [2.75, 3.05) is 12.4 Å². The van der Waals surface area contributed by atoms with Crippen molar-refractivity contribution in [3.8, 4) is 0 Å². The summed E-state index contributed by atoms with van der Waals surface area (Å²) < 4.78 is 13.6. The lowest BCUT2D eigenvalue weighted by atomic mass is 10.1. The summed E-state index contributed by atoms with van der Waals surface area (Å²) in [6, 6.07) is 3.69. The SMILES string of the molecule is Cc1ccc(NC(=O)N(C)C(C)(C)C(=O)O)c(F)c1. The predicted molar refractivity (Wildman–Crippen MR) is 69.6 cm³/mol. The van der Waals surface area contributed by atoms with Crippen molar-refractivity contribution in [1.82, 2.24) is 4.90 Å². The van der Waals surface area contributed by atoms with Crippen molar-refractivity contribution in [2.24, 2.45) is 0 Å². The number of rotatable bonds is 3. The third-order valence-corrected chi connectivity index (χ3v) is 3.03. The van der Waals surface area contributed by atoms with Crippen LogP contribution in [-0.2, 0) is 4.79 Å². The van der Waals surface area contributed by atoms with Crippen LogP contribution in [0.25, 0.3) is 0 Å². The molecule has 19 heavy (non-hydrogen) atoms. The zero-order valence-corrected chi connectivity index (χ0v) is 11.3. The second kappa shape index (κ2) is 5.26. The van der Waals surface area contributed by atoms with Crippen LogP contribution in [0, 0.1) is 12.7 Å². The van der Waals surface area contributed by atoms with E-state index in [9.17, 15) is 14.0 Å². The third kappa shape index (κ3) is 3.21. The number of aryl methyl sites for hydroxylation is 1. The number of hydrogen-bond acceptors (Lipinski definition) is 2. The number of hydrogen-bond donors (Lipinski definition) is 2. The van der Waals surface area contributed by atoms with Crippen LogP contribution in [0.1, 0.15) is 19.4 Å². The zero-order chi connectivity index (χ0) is 14.8. The summed E-state index contributed by atoms with van der Waals surface area (Å²) in [5.41, 5.74) is -0.635. The monoisotopic (exact) mass is 268 g/mol. The fraction of sp³-hybridized carbons (Fsp3) is 0.385. The van der Waals surface area contributed by atoms with Crippen molar-refractivity contribution >= 4 is 17.7 Å². The highest BCUT2D eigenvalue weighted by atomic mass is 19.1. The van der Waals surface area contributed by atoms with Crippen LogP contribution in [0.5, 0.6) is 0 Å². The molecule has 0 heterocycles. The Labute approximate surface area is 111 Å². The van der Waals surface area contributed by atoms with Gasteiger partial charge in [0.25, 0.3) is 0 Å². The van der Waals surface area contributed by atoms with Crippen molar-refractivity contribution < 1.29 is 19.1 Å². The van der Waals surface area contributed by atoms with E-state index in [2.05, 4.69) is 5.32 Å². The van der Waals surface area contributed by atoms with Gasteiger partial charge in [-0.15, -0.1) is 0 Å². The normalized spacial score (nSPS) is 11.0. The number of nitrogens with one attached hydrogen (secondary N) is 1. The van der Waals surface area contributed by atoms with Crippen molar-refractivity contribution in [2.45, 2.75) is 26.3 Å². The first kappa shape index (κ1) is 14.9. The highest BCUT2D eigenvalue weighted by molar-refractivity contribution is 5.93. The molecule has 0 bridgehead atoms. The van der Waals surface area contributed by atoms with E-state index in [1.807, 2.05) is 0 Å². The van der Waals surface area contributed by atoms with Gasteiger partial charge in [-0.3, -0.25) is 0 Å². The maximum absolute atomic E-state index is 13.6. The number of likely N-dealkylation sites (N-methyl/N-ethyl adjacent to an activating group) is 1. The van der Waals surface area contributed by atoms with E-state index >= 15 is 0 Å². The summed E-state index contributed by atoms with van der Waals surface area (Å²) in [5, 5.41) is 11.4. The number of nitrogens with zero attached hydrogens (tertiary/aromatic N) is 1. The van der Waals surface area contributed by atoms with Crippen LogP contribution in [0.3, 0.4) is 0 Å². The maximum Gasteiger partial charge on any atom is 0.329 e. The highest BCUT2D eigenvalue weighted by Gasteiger charge is 2.35. The molecule has 0 atom stereocenters. The van der Waals surface area contributed by atoms with Crippen molar-refractivity contribution in [1.29, 1.82) is 0 Å². The van der Waals surface area contributed by atoms with Gasteiger partial charge >= 0.3 is 12.0 Å². The standard InChI is InChI=1S/C13H17FN2O3/c1-8-5-6-10(9(14)7-8)15-12(19)16(4)13(2,3)11(17)18/h5-7H,1-4H3,(H,15,19)(H,17,18). The number of carbonyl (C=O) groups excluding carboxylic acids is 1. The molecule has 2 amide bonds. The number of carboxylic acid groups (broad SMARTS) is 1. The Bertz CT molecular complexity index is 515. The Balaban J connectivity index is 2.88. The second-order valence-electron chi connectivity index (χ2n) is 4.84. The summed E-state index contributed by atoms with van der Waals surface area (Å²) >= 11 is 0. The van der Waals surface area contributed by atoms with E-state index < -0.39 is 23.4 Å². The van der Waals surface area contributed by atoms with Gasteiger partial charge in [0.05, 0.1) is 5.69 Å². The van der Waals surface area contributed by atoms with E-state index in [4.69, 9.17) is 5.11 Å². The topological polar surface area (TPSA) is 69.6 Å². The molecule has 0 aromatic heterocycles. The molecule has 104 valence electrons. The van der Waals surface area contributed by atoms with Gasteiger partial charge in [0, 0.05) is 7.05 Å². The van der Waals surface area contributed by atoms with E-state index in [1.54, 1.807) is 13.0 Å². The minimum Gasteiger partial charge on any atom is -0.480 e. The number of carboxylic acids is 1. The van der Waals surface area contributed by atoms with E-state index in [-0.39, 0.29) is 5.69 Å². The summed E-state index contributed by atoms with van der Waals surface area (Å²) in [5.74, 6) is -1.70. The van der Waals surface area contributed by atoms with E-state index in [0.29, 0.717) is 0 Å². The van der Waals surface area contributed by atoms with E-state index in [0.717, 1.165) is 10.5 Å². The molecule has 2 N–H and O–H groups in total. The Hall–Kier alpha value is -2.11. The average molecular weight is 268 g/mol. The Morgan fingerprint density at radius 2 is 1.95 bits per heavy atom. The molecule has 1 aromatic carbocycles. The summed E-state index contributed by atoms with van der Waals surface area (Å²) in [7, 11) is 1.34. The predicted octanol–water partition coefficient (Wildman–Crippen LogP) is 2.46. The molecule has 0 unspecified atom stereocenters. The summed E-state index contributed by atoms with van der Waals surface area (Å²) in [6.45, 7) is 4.51. The number of benzene rings is 1. The lowest BCUT2D eigenvalue weighted by molar-refractivity contribution is -0.146. The summed E-state index contributed by atoms with van der Waals surface area (Å²) in [6.07, 6.45) is 0. The second-order valence-corrected chi connectivity index (χ2v) is 4.84.